The molecule has 4 fully saturated rings. The molecule has 0 radical (unpaired) electrons. The van der Waals surface area contributed by atoms with Crippen LogP contribution in [-0.4, -0.2) is 36.0 Å². The van der Waals surface area contributed by atoms with Crippen LogP contribution in [0.1, 0.15) is 72.1 Å². The van der Waals surface area contributed by atoms with Gasteiger partial charge in [-0.05, 0) is 75.5 Å². The molecule has 4 bridgehead atoms. The molecule has 0 amide bonds. The van der Waals surface area contributed by atoms with Gasteiger partial charge >= 0.3 is 29.9 Å². The van der Waals surface area contributed by atoms with Crippen molar-refractivity contribution >= 4 is 11.9 Å². The summed E-state index contributed by atoms with van der Waals surface area (Å²) in [6, 6.07) is 0. The van der Waals surface area contributed by atoms with Gasteiger partial charge in [0, 0.05) is 12.0 Å². The number of ether oxygens (including phenoxy) is 2. The van der Waals surface area contributed by atoms with Gasteiger partial charge in [-0.2, -0.15) is 26.3 Å². The number of carbonyl (C=O) groups is 2. The van der Waals surface area contributed by atoms with Crippen molar-refractivity contribution in [3.8, 4) is 0 Å². The Bertz CT molecular complexity index is 764. The normalized spacial score (nSPS) is 29.8. The van der Waals surface area contributed by atoms with E-state index in [1.807, 2.05) is 0 Å². The Morgan fingerprint density at radius 1 is 0.941 bits per heavy atom. The maximum absolute atomic E-state index is 14.2. The molecule has 0 saturated heterocycles. The van der Waals surface area contributed by atoms with Crippen molar-refractivity contribution in [1.29, 1.82) is 0 Å². The first kappa shape index (κ1) is 26.9. The minimum atomic E-state index is -5.96. The van der Waals surface area contributed by atoms with E-state index in [-0.39, 0.29) is 54.9 Å². The number of rotatable bonds is 8. The zero-order valence-electron chi connectivity index (χ0n) is 19.7. The zero-order chi connectivity index (χ0) is 25.7. The molecule has 0 aromatic rings. The molecule has 0 spiro atoms. The molecule has 1 unspecified atom stereocenters. The van der Waals surface area contributed by atoms with Crippen LogP contribution in [0.2, 0.25) is 0 Å². The Balaban J connectivity index is 1.96. The van der Waals surface area contributed by atoms with Gasteiger partial charge in [-0.15, -0.1) is 0 Å². The largest absolute Gasteiger partial charge is 0.459 e. The molecule has 1 atom stereocenters. The summed E-state index contributed by atoms with van der Waals surface area (Å²) < 4.78 is 95.0. The molecule has 194 valence electrons. The standard InChI is InChI=1S/C24H32F6O4/c1-13(2)5-18(33-19(31)14(3)4)12-22(23(25,26)27,24(28,29)30)34-20(32)21-9-15-6-16(10-21)8-17(7-15)11-21/h13,15-18H,3,5-12H2,1-2,4H3. The summed E-state index contributed by atoms with van der Waals surface area (Å²) >= 11 is 0. The first-order valence-electron chi connectivity index (χ1n) is 11.7. The first-order chi connectivity index (χ1) is 15.5. The summed E-state index contributed by atoms with van der Waals surface area (Å²) in [5, 5.41) is 0. The van der Waals surface area contributed by atoms with E-state index in [4.69, 9.17) is 4.74 Å². The second kappa shape index (κ2) is 9.04. The second-order valence-corrected chi connectivity index (χ2v) is 11.1. The summed E-state index contributed by atoms with van der Waals surface area (Å²) in [4.78, 5) is 25.2. The van der Waals surface area contributed by atoms with E-state index >= 15 is 0 Å². The molecule has 0 aromatic carbocycles. The van der Waals surface area contributed by atoms with E-state index in [1.54, 1.807) is 13.8 Å². The van der Waals surface area contributed by atoms with Crippen molar-refractivity contribution in [1.82, 2.24) is 0 Å². The molecular weight excluding hydrogens is 466 g/mol. The molecule has 4 rings (SSSR count). The average molecular weight is 499 g/mol. The van der Waals surface area contributed by atoms with Crippen molar-refractivity contribution < 1.29 is 45.4 Å². The number of carbonyl (C=O) groups excluding carboxylic acids is 2. The van der Waals surface area contributed by atoms with Gasteiger partial charge in [-0.1, -0.05) is 20.4 Å². The lowest BCUT2D eigenvalue weighted by atomic mass is 9.49. The Hall–Kier alpha value is -1.74. The van der Waals surface area contributed by atoms with Gasteiger partial charge in [0.05, 0.1) is 5.41 Å². The van der Waals surface area contributed by atoms with E-state index in [1.165, 1.54) is 6.92 Å². The smallest absolute Gasteiger partial charge is 0.437 e. The summed E-state index contributed by atoms with van der Waals surface area (Å²) in [5.41, 5.74) is -6.27. The summed E-state index contributed by atoms with van der Waals surface area (Å²) in [7, 11) is 0. The predicted octanol–water partition coefficient (Wildman–Crippen LogP) is 6.53. The maximum Gasteiger partial charge on any atom is 0.437 e. The number of alkyl halides is 6. The van der Waals surface area contributed by atoms with Gasteiger partial charge in [0.25, 0.3) is 0 Å². The zero-order valence-corrected chi connectivity index (χ0v) is 19.7. The van der Waals surface area contributed by atoms with Crippen molar-refractivity contribution in [2.45, 2.75) is 96.2 Å². The van der Waals surface area contributed by atoms with E-state index in [9.17, 15) is 35.9 Å². The Kier molecular flexibility index (Phi) is 7.14. The molecule has 0 N–H and O–H groups in total. The lowest BCUT2D eigenvalue weighted by Crippen LogP contribution is -2.63. The second-order valence-electron chi connectivity index (χ2n) is 11.1. The Labute approximate surface area is 195 Å². The minimum absolute atomic E-state index is 0.121. The number of esters is 2. The van der Waals surface area contributed by atoms with E-state index < -0.39 is 47.8 Å². The van der Waals surface area contributed by atoms with E-state index in [0.717, 1.165) is 19.3 Å². The highest BCUT2D eigenvalue weighted by Gasteiger charge is 2.75. The Morgan fingerprint density at radius 2 is 1.38 bits per heavy atom. The monoisotopic (exact) mass is 498 g/mol. The number of hydrogen-bond donors (Lipinski definition) is 0. The van der Waals surface area contributed by atoms with Gasteiger partial charge in [-0.3, -0.25) is 4.79 Å². The minimum Gasteiger partial charge on any atom is -0.459 e. The predicted molar refractivity (Wildman–Crippen MR) is 110 cm³/mol. The molecular formula is C24H32F6O4. The van der Waals surface area contributed by atoms with Crippen LogP contribution in [-0.2, 0) is 19.1 Å². The van der Waals surface area contributed by atoms with Crippen molar-refractivity contribution in [3.63, 3.8) is 0 Å². The highest BCUT2D eigenvalue weighted by molar-refractivity contribution is 5.87. The summed E-state index contributed by atoms with van der Waals surface area (Å²) in [6.45, 7) is 7.72. The lowest BCUT2D eigenvalue weighted by Gasteiger charge is -2.55. The molecule has 10 heteroatoms. The maximum atomic E-state index is 14.2. The van der Waals surface area contributed by atoms with Gasteiger partial charge in [-0.25, -0.2) is 4.79 Å². The molecule has 0 heterocycles. The molecule has 4 aliphatic rings. The highest BCUT2D eigenvalue weighted by Crippen LogP contribution is 2.61. The molecule has 4 aliphatic carbocycles. The Morgan fingerprint density at radius 3 is 1.74 bits per heavy atom. The van der Waals surface area contributed by atoms with Crippen LogP contribution in [0.3, 0.4) is 0 Å². The van der Waals surface area contributed by atoms with Crippen molar-refractivity contribution in [2.75, 3.05) is 0 Å². The molecule has 0 aromatic heterocycles. The average Bonchev–Trinajstić information content (AvgIpc) is 2.63. The molecule has 0 aliphatic heterocycles. The molecule has 4 saturated carbocycles. The van der Waals surface area contributed by atoms with Gasteiger partial charge < -0.3 is 9.47 Å². The van der Waals surface area contributed by atoms with Gasteiger partial charge in [0.1, 0.15) is 6.10 Å². The summed E-state index contributed by atoms with van der Waals surface area (Å²) in [6.07, 6.45) is -12.4. The van der Waals surface area contributed by atoms with Crippen molar-refractivity contribution in [3.05, 3.63) is 12.2 Å². The van der Waals surface area contributed by atoms with Crippen LogP contribution in [0, 0.1) is 29.1 Å². The van der Waals surface area contributed by atoms with Crippen molar-refractivity contribution in [2.24, 2.45) is 29.1 Å². The third-order valence-electron chi connectivity index (χ3n) is 7.53. The fourth-order valence-electron chi connectivity index (χ4n) is 6.45. The topological polar surface area (TPSA) is 52.6 Å². The van der Waals surface area contributed by atoms with Crippen LogP contribution < -0.4 is 0 Å². The first-order valence-corrected chi connectivity index (χ1v) is 11.7. The number of hydrogen-bond acceptors (Lipinski definition) is 4. The van der Waals surface area contributed by atoms with E-state index in [2.05, 4.69) is 11.3 Å². The molecule has 4 nitrogen and oxygen atoms in total. The lowest BCUT2D eigenvalue weighted by molar-refractivity contribution is -0.378. The quantitative estimate of drug-likeness (QED) is 0.217. The summed E-state index contributed by atoms with van der Waals surface area (Å²) in [5.74, 6) is -2.56. The van der Waals surface area contributed by atoms with Crippen LogP contribution in [0.4, 0.5) is 26.3 Å². The van der Waals surface area contributed by atoms with Crippen LogP contribution in [0.5, 0.6) is 0 Å². The van der Waals surface area contributed by atoms with Crippen LogP contribution in [0.15, 0.2) is 12.2 Å². The third-order valence-corrected chi connectivity index (χ3v) is 7.53. The van der Waals surface area contributed by atoms with E-state index in [0.29, 0.717) is 0 Å². The SMILES string of the molecule is C=C(C)C(=O)OC(CC(C)C)CC(OC(=O)C12CC3CC(CC(C3)C1)C2)(C(F)(F)F)C(F)(F)F. The van der Waals surface area contributed by atoms with Gasteiger partial charge in [0.15, 0.2) is 0 Å². The highest BCUT2D eigenvalue weighted by atomic mass is 19.4. The molecule has 34 heavy (non-hydrogen) atoms. The third kappa shape index (κ3) is 5.10. The fraction of sp³-hybridized carbons (Fsp3) is 0.833. The fourth-order valence-corrected chi connectivity index (χ4v) is 6.45. The van der Waals surface area contributed by atoms with Crippen LogP contribution >= 0.6 is 0 Å². The van der Waals surface area contributed by atoms with Crippen LogP contribution in [0.25, 0.3) is 0 Å². The number of halogens is 6. The van der Waals surface area contributed by atoms with Gasteiger partial charge in [0.2, 0.25) is 0 Å².